The van der Waals surface area contributed by atoms with Crippen molar-refractivity contribution >= 4 is 0 Å². The van der Waals surface area contributed by atoms with Crippen LogP contribution in [0.25, 0.3) is 0 Å². The zero-order valence-corrected chi connectivity index (χ0v) is 8.74. The average Bonchev–Trinajstić information content (AvgIpc) is 2.13. The molecule has 0 aliphatic heterocycles. The molecule has 18 heavy (non-hydrogen) atoms. The molecule has 0 unspecified atom stereocenters. The number of hydrogen-bond acceptors (Lipinski definition) is 1. The van der Waals surface area contributed by atoms with Crippen LogP contribution >= 0.6 is 0 Å². The molecule has 2 N–H and O–H groups in total. The third-order valence-electron chi connectivity index (χ3n) is 2.17. The summed E-state index contributed by atoms with van der Waals surface area (Å²) in [5.41, 5.74) is 3.02. The van der Waals surface area contributed by atoms with Crippen LogP contribution in [0.1, 0.15) is 23.6 Å². The van der Waals surface area contributed by atoms with Crippen molar-refractivity contribution in [1.82, 2.24) is 0 Å². The molecule has 0 aliphatic carbocycles. The zero-order valence-electron chi connectivity index (χ0n) is 8.74. The van der Waals surface area contributed by atoms with Gasteiger partial charge in [-0.15, -0.1) is 0 Å². The van der Waals surface area contributed by atoms with Crippen LogP contribution in [0.15, 0.2) is 18.2 Å². The molecule has 0 heterocycles. The van der Waals surface area contributed by atoms with Gasteiger partial charge >= 0.3 is 12.4 Å². The van der Waals surface area contributed by atoms with Gasteiger partial charge in [-0.05, 0) is 18.2 Å². The Hall–Kier alpha value is -1.31. The van der Waals surface area contributed by atoms with Gasteiger partial charge in [0.05, 0.1) is 12.0 Å². The van der Waals surface area contributed by atoms with Gasteiger partial charge in [0.25, 0.3) is 0 Å². The van der Waals surface area contributed by atoms with Crippen molar-refractivity contribution in [1.29, 1.82) is 0 Å². The van der Waals surface area contributed by atoms with Crippen LogP contribution in [0.4, 0.5) is 30.7 Å². The Morgan fingerprint density at radius 3 is 2.06 bits per heavy atom. The van der Waals surface area contributed by atoms with Crippen molar-refractivity contribution in [3.63, 3.8) is 0 Å². The average molecular weight is 275 g/mol. The van der Waals surface area contributed by atoms with Crippen LogP contribution in [0.5, 0.6) is 0 Å². The maximum Gasteiger partial charge on any atom is 0.416 e. The minimum Gasteiger partial charge on any atom is -0.324 e. The molecule has 0 radical (unpaired) electrons. The summed E-state index contributed by atoms with van der Waals surface area (Å²) < 4.78 is 86.2. The molecular formula is C10H8F7N. The van der Waals surface area contributed by atoms with Crippen LogP contribution in [-0.4, -0.2) is 6.18 Å². The summed E-state index contributed by atoms with van der Waals surface area (Å²) in [6, 6.07) is -0.675. The molecule has 0 saturated heterocycles. The molecule has 0 saturated carbocycles. The Labute approximate surface area is 97.4 Å². The molecule has 1 aromatic rings. The van der Waals surface area contributed by atoms with Gasteiger partial charge in [0.15, 0.2) is 0 Å². The molecular weight excluding hydrogens is 267 g/mol. The first-order valence-corrected chi connectivity index (χ1v) is 4.69. The van der Waals surface area contributed by atoms with E-state index >= 15 is 0 Å². The SMILES string of the molecule is N[C@@H](CC(F)(F)F)c1cc(C(F)(F)F)ccc1F. The molecule has 0 aliphatic rings. The lowest BCUT2D eigenvalue weighted by atomic mass is 10.0. The minimum atomic E-state index is -4.76. The molecule has 1 aromatic carbocycles. The van der Waals surface area contributed by atoms with Crippen LogP contribution < -0.4 is 5.73 Å². The first-order valence-electron chi connectivity index (χ1n) is 4.69. The number of hydrogen-bond donors (Lipinski definition) is 1. The fourth-order valence-corrected chi connectivity index (χ4v) is 1.36. The van der Waals surface area contributed by atoms with E-state index in [4.69, 9.17) is 5.73 Å². The molecule has 0 fully saturated rings. The predicted octanol–water partition coefficient (Wildman–Crippen LogP) is 3.80. The van der Waals surface area contributed by atoms with E-state index in [2.05, 4.69) is 0 Å². The van der Waals surface area contributed by atoms with E-state index < -0.39 is 41.8 Å². The molecule has 8 heteroatoms. The fourth-order valence-electron chi connectivity index (χ4n) is 1.36. The van der Waals surface area contributed by atoms with Gasteiger partial charge in [-0.3, -0.25) is 0 Å². The van der Waals surface area contributed by atoms with E-state index in [-0.39, 0.29) is 0 Å². The second-order valence-corrected chi connectivity index (χ2v) is 3.66. The van der Waals surface area contributed by atoms with Gasteiger partial charge in [-0.25, -0.2) is 4.39 Å². The van der Waals surface area contributed by atoms with Crippen LogP contribution in [0.3, 0.4) is 0 Å². The monoisotopic (exact) mass is 275 g/mol. The van der Waals surface area contributed by atoms with Crippen molar-refractivity contribution in [2.75, 3.05) is 0 Å². The summed E-state index contributed by atoms with van der Waals surface area (Å²) in [6.45, 7) is 0. The quantitative estimate of drug-likeness (QED) is 0.816. The van der Waals surface area contributed by atoms with Gasteiger partial charge in [0.1, 0.15) is 5.82 Å². The minimum absolute atomic E-state index is 0.297. The Morgan fingerprint density at radius 1 is 1.06 bits per heavy atom. The fraction of sp³-hybridized carbons (Fsp3) is 0.400. The van der Waals surface area contributed by atoms with Crippen LogP contribution in [0, 0.1) is 5.82 Å². The van der Waals surface area contributed by atoms with Gasteiger partial charge < -0.3 is 5.73 Å². The molecule has 0 amide bonds. The van der Waals surface area contributed by atoms with E-state index in [0.29, 0.717) is 18.2 Å². The number of halogens is 7. The molecule has 1 nitrogen and oxygen atoms in total. The Morgan fingerprint density at radius 2 is 1.61 bits per heavy atom. The summed E-state index contributed by atoms with van der Waals surface area (Å²) in [7, 11) is 0. The van der Waals surface area contributed by atoms with E-state index in [0.717, 1.165) is 0 Å². The lowest BCUT2D eigenvalue weighted by Crippen LogP contribution is -2.21. The molecule has 0 bridgehead atoms. The van der Waals surface area contributed by atoms with Gasteiger partial charge in [0.2, 0.25) is 0 Å². The van der Waals surface area contributed by atoms with E-state index in [1.54, 1.807) is 0 Å². The third-order valence-corrected chi connectivity index (χ3v) is 2.17. The molecule has 1 atom stereocenters. The second kappa shape index (κ2) is 4.75. The van der Waals surface area contributed by atoms with Crippen LogP contribution in [0.2, 0.25) is 0 Å². The lowest BCUT2D eigenvalue weighted by Gasteiger charge is -2.16. The smallest absolute Gasteiger partial charge is 0.324 e. The molecule has 0 spiro atoms. The van der Waals surface area contributed by atoms with Crippen molar-refractivity contribution in [3.8, 4) is 0 Å². The highest BCUT2D eigenvalue weighted by Crippen LogP contribution is 2.34. The molecule has 0 aromatic heterocycles. The Balaban J connectivity index is 3.08. The third kappa shape index (κ3) is 3.86. The summed E-state index contributed by atoms with van der Waals surface area (Å²) in [6.07, 6.45) is -11.0. The number of benzene rings is 1. The Kier molecular flexibility index (Phi) is 3.89. The summed E-state index contributed by atoms with van der Waals surface area (Å²) >= 11 is 0. The van der Waals surface area contributed by atoms with Crippen LogP contribution in [-0.2, 0) is 6.18 Å². The van der Waals surface area contributed by atoms with Crippen molar-refractivity contribution in [2.45, 2.75) is 24.8 Å². The molecule has 1 rings (SSSR count). The lowest BCUT2D eigenvalue weighted by molar-refractivity contribution is -0.138. The summed E-state index contributed by atoms with van der Waals surface area (Å²) in [5.74, 6) is -1.19. The number of nitrogens with two attached hydrogens (primary N) is 1. The van der Waals surface area contributed by atoms with E-state index in [9.17, 15) is 30.7 Å². The highest BCUT2D eigenvalue weighted by molar-refractivity contribution is 5.29. The van der Waals surface area contributed by atoms with E-state index in [1.165, 1.54) is 0 Å². The first-order chi connectivity index (χ1) is 8.00. The summed E-state index contributed by atoms with van der Waals surface area (Å²) in [4.78, 5) is 0. The van der Waals surface area contributed by atoms with Gasteiger partial charge in [-0.1, -0.05) is 0 Å². The molecule has 102 valence electrons. The maximum atomic E-state index is 13.2. The largest absolute Gasteiger partial charge is 0.416 e. The predicted molar refractivity (Wildman–Crippen MR) is 49.0 cm³/mol. The normalized spacial score (nSPS) is 14.7. The standard InChI is InChI=1S/C10H8F7N/c11-7-2-1-5(10(15,16)17)3-6(7)8(18)4-9(12,13)14/h1-3,8H,4,18H2/t8-/m0/s1. The second-order valence-electron chi connectivity index (χ2n) is 3.66. The van der Waals surface area contributed by atoms with Crippen molar-refractivity contribution in [2.24, 2.45) is 5.73 Å². The summed E-state index contributed by atoms with van der Waals surface area (Å²) in [5, 5.41) is 0. The van der Waals surface area contributed by atoms with Crippen molar-refractivity contribution < 1.29 is 30.7 Å². The highest BCUT2D eigenvalue weighted by Gasteiger charge is 2.35. The zero-order chi connectivity index (χ0) is 14.1. The van der Waals surface area contributed by atoms with Gasteiger partial charge in [0, 0.05) is 11.6 Å². The van der Waals surface area contributed by atoms with E-state index in [1.807, 2.05) is 0 Å². The Bertz CT molecular complexity index is 421. The first kappa shape index (κ1) is 14.7. The highest BCUT2D eigenvalue weighted by atomic mass is 19.4. The number of rotatable bonds is 2. The topological polar surface area (TPSA) is 26.0 Å². The van der Waals surface area contributed by atoms with Gasteiger partial charge in [-0.2, -0.15) is 26.3 Å². The van der Waals surface area contributed by atoms with Crippen molar-refractivity contribution in [3.05, 3.63) is 35.1 Å². The number of alkyl halides is 6. The maximum absolute atomic E-state index is 13.2.